The summed E-state index contributed by atoms with van der Waals surface area (Å²) in [5.41, 5.74) is 7.80. The van der Waals surface area contributed by atoms with Gasteiger partial charge in [0.15, 0.2) is 11.5 Å². The lowest BCUT2D eigenvalue weighted by molar-refractivity contribution is 0.0947. The van der Waals surface area contributed by atoms with Gasteiger partial charge in [0.2, 0.25) is 0 Å². The fourth-order valence-electron chi connectivity index (χ4n) is 2.53. The molecule has 0 atom stereocenters. The molecule has 0 aliphatic rings. The van der Waals surface area contributed by atoms with E-state index in [-0.39, 0.29) is 18.1 Å². The Morgan fingerprint density at radius 1 is 1.30 bits per heavy atom. The summed E-state index contributed by atoms with van der Waals surface area (Å²) >= 11 is 9.52. The molecule has 3 aromatic rings. The average molecular weight is 451 g/mol. The fourth-order valence-corrected chi connectivity index (χ4v) is 3.14. The molecule has 1 aromatic heterocycles. The zero-order valence-electron chi connectivity index (χ0n) is 14.4. The molecule has 0 aliphatic heterocycles. The summed E-state index contributed by atoms with van der Waals surface area (Å²) < 4.78 is 7.70. The Kier molecular flexibility index (Phi) is 5.98. The number of hydrogen-bond acceptors (Lipinski definition) is 5. The first-order chi connectivity index (χ1) is 13.0. The average Bonchev–Trinajstić information content (AvgIpc) is 3.01. The molecular weight excluding hydrogens is 434 g/mol. The number of anilines is 1. The number of rotatable bonds is 6. The molecule has 0 bridgehead atoms. The van der Waals surface area contributed by atoms with Gasteiger partial charge in [-0.25, -0.2) is 4.68 Å². The largest absolute Gasteiger partial charge is 0.496 e. The van der Waals surface area contributed by atoms with E-state index in [1.807, 2.05) is 36.4 Å². The van der Waals surface area contributed by atoms with Crippen molar-refractivity contribution in [3.63, 3.8) is 0 Å². The minimum atomic E-state index is -0.417. The molecule has 9 heteroatoms. The molecular formula is C18H17BrClN5O2. The predicted molar refractivity (Wildman–Crippen MR) is 107 cm³/mol. The number of amides is 1. The third-order valence-electron chi connectivity index (χ3n) is 3.95. The van der Waals surface area contributed by atoms with Crippen LogP contribution in [0.5, 0.6) is 5.75 Å². The van der Waals surface area contributed by atoms with Gasteiger partial charge in [0.05, 0.1) is 13.7 Å². The van der Waals surface area contributed by atoms with Gasteiger partial charge in [-0.3, -0.25) is 4.79 Å². The van der Waals surface area contributed by atoms with Crippen LogP contribution in [-0.2, 0) is 13.1 Å². The fraction of sp³-hybridized carbons (Fsp3) is 0.167. The van der Waals surface area contributed by atoms with Crippen molar-refractivity contribution in [1.82, 2.24) is 20.3 Å². The summed E-state index contributed by atoms with van der Waals surface area (Å²) in [6.07, 6.45) is 0. The van der Waals surface area contributed by atoms with Crippen LogP contribution in [0.25, 0.3) is 0 Å². The second-order valence-corrected chi connectivity index (χ2v) is 7.03. The molecule has 2 aromatic carbocycles. The summed E-state index contributed by atoms with van der Waals surface area (Å²) in [6.45, 7) is 0.587. The number of halogens is 2. The second-order valence-electron chi connectivity index (χ2n) is 5.71. The number of methoxy groups -OCH3 is 1. The van der Waals surface area contributed by atoms with Crippen molar-refractivity contribution >= 4 is 39.3 Å². The highest BCUT2D eigenvalue weighted by atomic mass is 79.9. The van der Waals surface area contributed by atoms with Crippen LogP contribution in [0.1, 0.15) is 21.6 Å². The first-order valence-corrected chi connectivity index (χ1v) is 9.19. The third-order valence-corrected chi connectivity index (χ3v) is 4.81. The Bertz CT molecular complexity index is 976. The van der Waals surface area contributed by atoms with E-state index in [1.54, 1.807) is 13.2 Å². The molecule has 0 saturated carbocycles. The van der Waals surface area contributed by atoms with Gasteiger partial charge >= 0.3 is 0 Å². The number of nitrogens with one attached hydrogen (secondary N) is 1. The zero-order valence-corrected chi connectivity index (χ0v) is 16.8. The topological polar surface area (TPSA) is 95.1 Å². The summed E-state index contributed by atoms with van der Waals surface area (Å²) in [7, 11) is 1.59. The van der Waals surface area contributed by atoms with Crippen LogP contribution in [0.3, 0.4) is 0 Å². The maximum atomic E-state index is 12.4. The van der Waals surface area contributed by atoms with Crippen molar-refractivity contribution < 1.29 is 9.53 Å². The molecule has 140 valence electrons. The number of nitrogens with zero attached hydrogens (tertiary/aromatic N) is 3. The van der Waals surface area contributed by atoms with E-state index in [0.29, 0.717) is 17.3 Å². The number of carbonyl (C=O) groups excluding carboxylic acids is 1. The first-order valence-electron chi connectivity index (χ1n) is 8.02. The lowest BCUT2D eigenvalue weighted by Gasteiger charge is -2.10. The Labute approximate surface area is 169 Å². The zero-order chi connectivity index (χ0) is 19.4. The van der Waals surface area contributed by atoms with E-state index in [4.69, 9.17) is 22.1 Å². The summed E-state index contributed by atoms with van der Waals surface area (Å²) in [6, 6.07) is 12.9. The molecule has 1 heterocycles. The first kappa shape index (κ1) is 19.2. The third kappa shape index (κ3) is 4.40. The minimum Gasteiger partial charge on any atom is -0.496 e. The summed E-state index contributed by atoms with van der Waals surface area (Å²) in [5, 5.41) is 11.2. The van der Waals surface area contributed by atoms with Crippen LogP contribution < -0.4 is 15.8 Å². The van der Waals surface area contributed by atoms with Crippen LogP contribution in [0.4, 0.5) is 5.82 Å². The van der Waals surface area contributed by atoms with E-state index in [1.165, 1.54) is 4.68 Å². The van der Waals surface area contributed by atoms with Crippen LogP contribution in [-0.4, -0.2) is 28.0 Å². The highest BCUT2D eigenvalue weighted by molar-refractivity contribution is 9.10. The smallest absolute Gasteiger partial charge is 0.275 e. The van der Waals surface area contributed by atoms with Gasteiger partial charge in [-0.1, -0.05) is 50.9 Å². The van der Waals surface area contributed by atoms with Crippen molar-refractivity contribution in [3.05, 3.63) is 68.8 Å². The van der Waals surface area contributed by atoms with E-state index in [0.717, 1.165) is 15.6 Å². The predicted octanol–water partition coefficient (Wildman–Crippen LogP) is 3.26. The molecule has 27 heavy (non-hydrogen) atoms. The molecule has 0 unspecified atom stereocenters. The number of nitrogens with two attached hydrogens (primary N) is 1. The van der Waals surface area contributed by atoms with Crippen molar-refractivity contribution in [2.24, 2.45) is 0 Å². The van der Waals surface area contributed by atoms with Crippen molar-refractivity contribution in [2.45, 2.75) is 13.1 Å². The van der Waals surface area contributed by atoms with Gasteiger partial charge < -0.3 is 15.8 Å². The van der Waals surface area contributed by atoms with Gasteiger partial charge in [-0.15, -0.1) is 5.10 Å². The van der Waals surface area contributed by atoms with Crippen LogP contribution in [0, 0.1) is 0 Å². The van der Waals surface area contributed by atoms with Crippen LogP contribution >= 0.6 is 27.5 Å². The van der Waals surface area contributed by atoms with E-state index >= 15 is 0 Å². The normalized spacial score (nSPS) is 10.6. The van der Waals surface area contributed by atoms with Crippen LogP contribution in [0.15, 0.2) is 46.9 Å². The molecule has 0 radical (unpaired) electrons. The quantitative estimate of drug-likeness (QED) is 0.601. The molecule has 1 amide bonds. The molecule has 7 nitrogen and oxygen atoms in total. The van der Waals surface area contributed by atoms with Crippen molar-refractivity contribution in [1.29, 1.82) is 0 Å². The molecule has 0 spiro atoms. The highest BCUT2D eigenvalue weighted by Gasteiger charge is 2.18. The second kappa shape index (κ2) is 8.41. The lowest BCUT2D eigenvalue weighted by Crippen LogP contribution is -2.24. The number of hydrogen-bond donors (Lipinski definition) is 2. The Balaban J connectivity index is 1.74. The molecule has 3 rings (SSSR count). The minimum absolute atomic E-state index is 0.0658. The molecule has 0 aliphatic carbocycles. The molecule has 3 N–H and O–H groups in total. The molecule has 0 fully saturated rings. The van der Waals surface area contributed by atoms with E-state index in [9.17, 15) is 4.79 Å². The van der Waals surface area contributed by atoms with Gasteiger partial charge in [0.25, 0.3) is 5.91 Å². The van der Waals surface area contributed by atoms with Gasteiger partial charge in [0, 0.05) is 21.6 Å². The SMILES string of the molecule is COc1ccc(Br)cc1Cn1nnc(C(=O)NCc2ccccc2Cl)c1N. The molecule has 0 saturated heterocycles. The Morgan fingerprint density at radius 2 is 2.07 bits per heavy atom. The number of nitrogen functional groups attached to an aromatic ring is 1. The maximum absolute atomic E-state index is 12.4. The monoisotopic (exact) mass is 449 g/mol. The van der Waals surface area contributed by atoms with Crippen molar-refractivity contribution in [3.8, 4) is 5.75 Å². The van der Waals surface area contributed by atoms with Gasteiger partial charge in [0.1, 0.15) is 5.75 Å². The number of benzene rings is 2. The van der Waals surface area contributed by atoms with Gasteiger partial charge in [-0.05, 0) is 29.8 Å². The summed E-state index contributed by atoms with van der Waals surface area (Å²) in [4.78, 5) is 12.4. The van der Waals surface area contributed by atoms with Crippen molar-refractivity contribution in [2.75, 3.05) is 12.8 Å². The number of ether oxygens (including phenoxy) is 1. The lowest BCUT2D eigenvalue weighted by atomic mass is 10.2. The maximum Gasteiger partial charge on any atom is 0.275 e. The highest BCUT2D eigenvalue weighted by Crippen LogP contribution is 2.24. The van der Waals surface area contributed by atoms with Gasteiger partial charge in [-0.2, -0.15) is 0 Å². The van der Waals surface area contributed by atoms with E-state index < -0.39 is 5.91 Å². The Hall–Kier alpha value is -2.58. The standard InChI is InChI=1S/C18H17BrClN5O2/c1-27-15-7-6-13(19)8-12(15)10-25-17(21)16(23-24-25)18(26)22-9-11-4-2-3-5-14(11)20/h2-8H,9-10,21H2,1H3,(H,22,26). The number of aromatic nitrogens is 3. The van der Waals surface area contributed by atoms with Crippen LogP contribution in [0.2, 0.25) is 5.02 Å². The summed E-state index contributed by atoms with van der Waals surface area (Å²) in [5.74, 6) is 0.450. The number of carbonyl (C=O) groups is 1. The Morgan fingerprint density at radius 3 is 2.81 bits per heavy atom. The van der Waals surface area contributed by atoms with E-state index in [2.05, 4.69) is 31.6 Å².